The van der Waals surface area contributed by atoms with Crippen molar-refractivity contribution in [3.8, 4) is 0 Å². The maximum Gasteiger partial charge on any atom is 0.126 e. The van der Waals surface area contributed by atoms with E-state index in [0.717, 1.165) is 12.0 Å². The molecule has 17 heavy (non-hydrogen) atoms. The number of hydrogen-bond donors (Lipinski definition) is 3. The van der Waals surface area contributed by atoms with Crippen LogP contribution in [-0.4, -0.2) is 23.7 Å². The van der Waals surface area contributed by atoms with Crippen LogP contribution in [0.2, 0.25) is 0 Å². The molecular weight excluding hydrogens is 216 g/mol. The molecule has 0 amide bonds. The molecule has 0 aliphatic heterocycles. The van der Waals surface area contributed by atoms with E-state index in [1.54, 1.807) is 6.20 Å². The lowest BCUT2D eigenvalue weighted by Crippen LogP contribution is -2.46. The van der Waals surface area contributed by atoms with Gasteiger partial charge in [0.15, 0.2) is 0 Å². The van der Waals surface area contributed by atoms with Gasteiger partial charge in [-0.25, -0.2) is 4.98 Å². The van der Waals surface area contributed by atoms with Gasteiger partial charge in [0.05, 0.1) is 12.1 Å². The molecule has 2 atom stereocenters. The smallest absolute Gasteiger partial charge is 0.126 e. The number of rotatable bonds is 7. The minimum Gasteiger partial charge on any atom is -0.383 e. The number of nitrogens with one attached hydrogen (secondary N) is 1. The van der Waals surface area contributed by atoms with Gasteiger partial charge in [0.2, 0.25) is 0 Å². The van der Waals surface area contributed by atoms with Gasteiger partial charge in [0.1, 0.15) is 5.82 Å². The number of aromatic nitrogens is 1. The molecule has 1 heterocycles. The predicted molar refractivity (Wildman–Crippen MR) is 69.2 cm³/mol. The molecule has 96 valence electrons. The molecule has 0 bridgehead atoms. The zero-order chi connectivity index (χ0) is 12.7. The number of anilines is 1. The Morgan fingerprint density at radius 1 is 1.47 bits per heavy atom. The third-order valence-electron chi connectivity index (χ3n) is 2.81. The number of nitrogen functional groups attached to an aromatic ring is 1. The fourth-order valence-corrected chi connectivity index (χ4v) is 1.89. The highest BCUT2D eigenvalue weighted by Crippen LogP contribution is 2.14. The third-order valence-corrected chi connectivity index (χ3v) is 2.81. The Bertz CT molecular complexity index is 332. The molecule has 0 fully saturated rings. The fraction of sp³-hybridized carbons (Fsp3) is 0.583. The van der Waals surface area contributed by atoms with Crippen LogP contribution in [0, 0.1) is 0 Å². The molecule has 0 aliphatic rings. The summed E-state index contributed by atoms with van der Waals surface area (Å²) >= 11 is 0. The second kappa shape index (κ2) is 7.21. The summed E-state index contributed by atoms with van der Waals surface area (Å²) in [5.41, 5.74) is 9.62. The van der Waals surface area contributed by atoms with E-state index in [2.05, 4.69) is 17.3 Å². The highest BCUT2D eigenvalue weighted by molar-refractivity contribution is 5.39. The number of hydrazine groups is 1. The number of ether oxygens (including phenoxy) is 1. The predicted octanol–water partition coefficient (Wildman–Crippen LogP) is 0.853. The molecule has 0 saturated carbocycles. The summed E-state index contributed by atoms with van der Waals surface area (Å²) in [6, 6.07) is 3.89. The molecule has 5 nitrogen and oxygen atoms in total. The Balaban J connectivity index is 2.72. The Labute approximate surface area is 103 Å². The molecule has 0 aliphatic carbocycles. The van der Waals surface area contributed by atoms with Gasteiger partial charge in [-0.15, -0.1) is 0 Å². The number of hydrogen-bond acceptors (Lipinski definition) is 5. The first-order valence-electron chi connectivity index (χ1n) is 6.00. The van der Waals surface area contributed by atoms with Crippen LogP contribution in [0.25, 0.3) is 0 Å². The van der Waals surface area contributed by atoms with Crippen LogP contribution in [0.15, 0.2) is 18.3 Å². The number of nitrogens with two attached hydrogens (primary N) is 2. The van der Waals surface area contributed by atoms with Gasteiger partial charge < -0.3 is 10.5 Å². The van der Waals surface area contributed by atoms with E-state index < -0.39 is 0 Å². The standard InChI is InChI=1S/C12H22N4O/c1-3-11(17-4-2)10(16-14)8-9-6-5-7-15-12(9)13/h5-7,10-11,16H,3-4,8,14H2,1-2H3,(H2,13,15). The molecule has 1 aromatic rings. The molecule has 0 spiro atoms. The van der Waals surface area contributed by atoms with E-state index >= 15 is 0 Å². The molecule has 2 unspecified atom stereocenters. The van der Waals surface area contributed by atoms with Crippen LogP contribution < -0.4 is 17.0 Å². The monoisotopic (exact) mass is 238 g/mol. The molecule has 1 aromatic heterocycles. The molecule has 5 N–H and O–H groups in total. The van der Waals surface area contributed by atoms with Crippen LogP contribution in [0.4, 0.5) is 5.82 Å². The SMILES string of the molecule is CCOC(CC)C(Cc1cccnc1N)NN. The molecule has 0 saturated heterocycles. The molecule has 0 radical (unpaired) electrons. The first-order valence-corrected chi connectivity index (χ1v) is 6.00. The molecular formula is C12H22N4O. The Morgan fingerprint density at radius 2 is 2.24 bits per heavy atom. The van der Waals surface area contributed by atoms with Crippen molar-refractivity contribution >= 4 is 5.82 Å². The lowest BCUT2D eigenvalue weighted by Gasteiger charge is -2.25. The highest BCUT2D eigenvalue weighted by Gasteiger charge is 2.20. The second-order valence-corrected chi connectivity index (χ2v) is 3.93. The largest absolute Gasteiger partial charge is 0.383 e. The van der Waals surface area contributed by atoms with Crippen molar-refractivity contribution in [1.29, 1.82) is 0 Å². The third kappa shape index (κ3) is 3.96. The van der Waals surface area contributed by atoms with E-state index in [1.165, 1.54) is 0 Å². The highest BCUT2D eigenvalue weighted by atomic mass is 16.5. The molecule has 1 rings (SSSR count). The topological polar surface area (TPSA) is 86.2 Å². The van der Waals surface area contributed by atoms with Gasteiger partial charge in [-0.2, -0.15) is 0 Å². The Kier molecular flexibility index (Phi) is 5.90. The van der Waals surface area contributed by atoms with Crippen molar-refractivity contribution in [2.75, 3.05) is 12.3 Å². The maximum absolute atomic E-state index is 5.82. The number of nitrogens with zero attached hydrogens (tertiary/aromatic N) is 1. The summed E-state index contributed by atoms with van der Waals surface area (Å²) in [6.07, 6.45) is 3.39. The van der Waals surface area contributed by atoms with Crippen molar-refractivity contribution < 1.29 is 4.74 Å². The van der Waals surface area contributed by atoms with Crippen molar-refractivity contribution in [2.45, 2.75) is 38.8 Å². The summed E-state index contributed by atoms with van der Waals surface area (Å²) in [7, 11) is 0. The van der Waals surface area contributed by atoms with E-state index in [-0.39, 0.29) is 12.1 Å². The van der Waals surface area contributed by atoms with Crippen molar-refractivity contribution in [3.63, 3.8) is 0 Å². The van der Waals surface area contributed by atoms with Gasteiger partial charge in [-0.3, -0.25) is 11.3 Å². The van der Waals surface area contributed by atoms with Crippen LogP contribution in [0.5, 0.6) is 0 Å². The first-order chi connectivity index (χ1) is 8.22. The minimum atomic E-state index is 0.0476. The van der Waals surface area contributed by atoms with E-state index in [0.29, 0.717) is 18.8 Å². The average molecular weight is 238 g/mol. The van der Waals surface area contributed by atoms with E-state index in [4.69, 9.17) is 16.3 Å². The molecule has 0 aromatic carbocycles. The summed E-state index contributed by atoms with van der Waals surface area (Å²) < 4.78 is 5.65. The van der Waals surface area contributed by atoms with E-state index in [9.17, 15) is 0 Å². The lowest BCUT2D eigenvalue weighted by molar-refractivity contribution is 0.0319. The maximum atomic E-state index is 5.82. The quantitative estimate of drug-likeness (QED) is 0.484. The normalized spacial score (nSPS) is 14.5. The van der Waals surface area contributed by atoms with Gasteiger partial charge in [-0.05, 0) is 31.4 Å². The van der Waals surface area contributed by atoms with Crippen LogP contribution in [-0.2, 0) is 11.2 Å². The zero-order valence-corrected chi connectivity index (χ0v) is 10.5. The summed E-state index contributed by atoms with van der Waals surface area (Å²) in [4.78, 5) is 4.07. The summed E-state index contributed by atoms with van der Waals surface area (Å²) in [6.45, 7) is 4.74. The Hall–Kier alpha value is -1.17. The van der Waals surface area contributed by atoms with Crippen molar-refractivity contribution in [3.05, 3.63) is 23.9 Å². The Morgan fingerprint density at radius 3 is 2.76 bits per heavy atom. The van der Waals surface area contributed by atoms with Crippen LogP contribution in [0.3, 0.4) is 0 Å². The summed E-state index contributed by atoms with van der Waals surface area (Å²) in [5.74, 6) is 6.14. The van der Waals surface area contributed by atoms with Crippen molar-refractivity contribution in [2.24, 2.45) is 5.84 Å². The van der Waals surface area contributed by atoms with Crippen LogP contribution >= 0.6 is 0 Å². The number of pyridine rings is 1. The van der Waals surface area contributed by atoms with Crippen LogP contribution in [0.1, 0.15) is 25.8 Å². The second-order valence-electron chi connectivity index (χ2n) is 3.93. The lowest BCUT2D eigenvalue weighted by atomic mass is 10.0. The van der Waals surface area contributed by atoms with E-state index in [1.807, 2.05) is 19.1 Å². The fourth-order valence-electron chi connectivity index (χ4n) is 1.89. The van der Waals surface area contributed by atoms with Gasteiger partial charge in [0.25, 0.3) is 0 Å². The van der Waals surface area contributed by atoms with Gasteiger partial charge >= 0.3 is 0 Å². The summed E-state index contributed by atoms with van der Waals surface area (Å²) in [5, 5.41) is 0. The van der Waals surface area contributed by atoms with Gasteiger partial charge in [-0.1, -0.05) is 13.0 Å². The molecule has 5 heteroatoms. The average Bonchev–Trinajstić information content (AvgIpc) is 2.35. The van der Waals surface area contributed by atoms with Crippen molar-refractivity contribution in [1.82, 2.24) is 10.4 Å². The minimum absolute atomic E-state index is 0.0476. The van der Waals surface area contributed by atoms with Gasteiger partial charge in [0, 0.05) is 12.8 Å². The first kappa shape index (κ1) is 13.9. The zero-order valence-electron chi connectivity index (χ0n) is 10.5.